The van der Waals surface area contributed by atoms with E-state index in [1.165, 1.54) is 36.4 Å². The SMILES string of the molecule is CC(C)Oc1cccc(NC(=O)CN(c2ccc([N+](=O)[O-])cc2)S(=O)(=O)c2ccccc2)c1. The average Bonchev–Trinajstić information content (AvgIpc) is 2.78. The van der Waals surface area contributed by atoms with Crippen LogP contribution in [0.2, 0.25) is 0 Å². The number of hydrogen-bond acceptors (Lipinski definition) is 6. The van der Waals surface area contributed by atoms with Gasteiger partial charge in [0, 0.05) is 23.9 Å². The Kier molecular flexibility index (Phi) is 7.29. The molecule has 0 aliphatic heterocycles. The van der Waals surface area contributed by atoms with Crippen molar-refractivity contribution in [1.29, 1.82) is 0 Å². The maximum absolute atomic E-state index is 13.3. The Morgan fingerprint density at radius 3 is 2.30 bits per heavy atom. The first-order chi connectivity index (χ1) is 15.7. The molecule has 1 amide bonds. The van der Waals surface area contributed by atoms with Crippen molar-refractivity contribution >= 4 is 33.0 Å². The molecule has 3 aromatic carbocycles. The van der Waals surface area contributed by atoms with E-state index in [-0.39, 0.29) is 22.4 Å². The zero-order valence-corrected chi connectivity index (χ0v) is 18.9. The van der Waals surface area contributed by atoms with Gasteiger partial charge in [0.05, 0.1) is 21.6 Å². The second-order valence-corrected chi connectivity index (χ2v) is 9.20. The number of nitrogens with one attached hydrogen (secondary N) is 1. The molecule has 1 N–H and O–H groups in total. The molecule has 3 rings (SSSR count). The Hall–Kier alpha value is -3.92. The van der Waals surface area contributed by atoms with E-state index in [0.717, 1.165) is 4.31 Å². The molecule has 0 fully saturated rings. The third kappa shape index (κ3) is 6.07. The van der Waals surface area contributed by atoms with Crippen molar-refractivity contribution in [3.8, 4) is 5.75 Å². The predicted octanol–water partition coefficient (Wildman–Crippen LogP) is 4.22. The Balaban J connectivity index is 1.90. The van der Waals surface area contributed by atoms with E-state index in [9.17, 15) is 23.3 Å². The highest BCUT2D eigenvalue weighted by atomic mass is 32.2. The van der Waals surface area contributed by atoms with Crippen molar-refractivity contribution in [3.63, 3.8) is 0 Å². The van der Waals surface area contributed by atoms with Gasteiger partial charge >= 0.3 is 0 Å². The average molecular weight is 470 g/mol. The number of amides is 1. The molecule has 0 unspecified atom stereocenters. The number of anilines is 2. The molecule has 0 aliphatic carbocycles. The zero-order chi connectivity index (χ0) is 24.0. The number of sulfonamides is 1. The highest BCUT2D eigenvalue weighted by molar-refractivity contribution is 7.92. The summed E-state index contributed by atoms with van der Waals surface area (Å²) < 4.78 is 33.1. The second-order valence-electron chi connectivity index (χ2n) is 7.34. The molecule has 9 nitrogen and oxygen atoms in total. The number of benzene rings is 3. The fourth-order valence-corrected chi connectivity index (χ4v) is 4.47. The minimum Gasteiger partial charge on any atom is -0.491 e. The van der Waals surface area contributed by atoms with E-state index in [0.29, 0.717) is 11.4 Å². The fraction of sp³-hybridized carbons (Fsp3) is 0.174. The molecule has 0 aromatic heterocycles. The molecule has 0 heterocycles. The lowest BCUT2D eigenvalue weighted by Gasteiger charge is -2.24. The molecular weight excluding hydrogens is 446 g/mol. The first kappa shape index (κ1) is 23.7. The van der Waals surface area contributed by atoms with Gasteiger partial charge < -0.3 is 10.1 Å². The number of hydrogen-bond donors (Lipinski definition) is 1. The van der Waals surface area contributed by atoms with Crippen molar-refractivity contribution in [1.82, 2.24) is 0 Å². The number of nitro benzene ring substituents is 1. The smallest absolute Gasteiger partial charge is 0.269 e. The minimum absolute atomic E-state index is 0.0107. The van der Waals surface area contributed by atoms with Crippen LogP contribution in [0.3, 0.4) is 0 Å². The van der Waals surface area contributed by atoms with Gasteiger partial charge in [-0.15, -0.1) is 0 Å². The quantitative estimate of drug-likeness (QED) is 0.370. The lowest BCUT2D eigenvalue weighted by atomic mass is 10.2. The van der Waals surface area contributed by atoms with E-state index in [2.05, 4.69) is 5.32 Å². The molecule has 10 heteroatoms. The summed E-state index contributed by atoms with van der Waals surface area (Å²) in [6.07, 6.45) is -0.0513. The summed E-state index contributed by atoms with van der Waals surface area (Å²) in [5.41, 5.74) is 0.373. The second kappa shape index (κ2) is 10.1. The summed E-state index contributed by atoms with van der Waals surface area (Å²) in [6.45, 7) is 3.22. The highest BCUT2D eigenvalue weighted by Crippen LogP contribution is 2.26. The van der Waals surface area contributed by atoms with Gasteiger partial charge in [-0.2, -0.15) is 0 Å². The predicted molar refractivity (Wildman–Crippen MR) is 125 cm³/mol. The van der Waals surface area contributed by atoms with Crippen LogP contribution in [0.15, 0.2) is 83.8 Å². The number of non-ortho nitro benzene ring substituents is 1. The minimum atomic E-state index is -4.12. The molecule has 3 aromatic rings. The summed E-state index contributed by atoms with van der Waals surface area (Å²) in [5, 5.41) is 13.7. The summed E-state index contributed by atoms with van der Waals surface area (Å²) in [6, 6.07) is 19.4. The summed E-state index contributed by atoms with van der Waals surface area (Å²) in [4.78, 5) is 23.2. The van der Waals surface area contributed by atoms with Crippen molar-refractivity contribution in [3.05, 3.63) is 89.0 Å². The van der Waals surface area contributed by atoms with Crippen LogP contribution in [0, 0.1) is 10.1 Å². The van der Waals surface area contributed by atoms with Crippen LogP contribution < -0.4 is 14.4 Å². The molecule has 172 valence electrons. The summed E-state index contributed by atoms with van der Waals surface area (Å²) >= 11 is 0. The van der Waals surface area contributed by atoms with Crippen LogP contribution in [0.1, 0.15) is 13.8 Å². The Morgan fingerprint density at radius 2 is 1.70 bits per heavy atom. The van der Waals surface area contributed by atoms with Gasteiger partial charge in [-0.3, -0.25) is 19.2 Å². The van der Waals surface area contributed by atoms with Crippen molar-refractivity contribution in [2.24, 2.45) is 0 Å². The van der Waals surface area contributed by atoms with E-state index >= 15 is 0 Å². The standard InChI is InChI=1S/C23H23N3O6S/c1-17(2)32-21-8-6-7-18(15-21)24-23(27)16-25(19-11-13-20(14-12-19)26(28)29)33(30,31)22-9-4-3-5-10-22/h3-15,17H,16H2,1-2H3,(H,24,27). The van der Waals surface area contributed by atoms with Gasteiger partial charge in [-0.1, -0.05) is 24.3 Å². The molecule has 0 spiro atoms. The summed E-state index contributed by atoms with van der Waals surface area (Å²) in [5.74, 6) is -0.0264. The zero-order valence-electron chi connectivity index (χ0n) is 18.0. The normalized spacial score (nSPS) is 11.1. The van der Waals surface area contributed by atoms with E-state index in [1.54, 1.807) is 42.5 Å². The first-order valence-corrected chi connectivity index (χ1v) is 11.5. The molecule has 0 radical (unpaired) electrons. The van der Waals surface area contributed by atoms with Crippen molar-refractivity contribution in [2.75, 3.05) is 16.2 Å². The molecule has 0 saturated carbocycles. The van der Waals surface area contributed by atoms with Crippen LogP contribution in [0.4, 0.5) is 17.1 Å². The lowest BCUT2D eigenvalue weighted by Crippen LogP contribution is -2.38. The molecule has 0 saturated heterocycles. The number of carbonyl (C=O) groups excluding carboxylic acids is 1. The lowest BCUT2D eigenvalue weighted by molar-refractivity contribution is -0.384. The van der Waals surface area contributed by atoms with E-state index in [1.807, 2.05) is 13.8 Å². The number of nitrogens with zero attached hydrogens (tertiary/aromatic N) is 2. The third-order valence-electron chi connectivity index (χ3n) is 4.46. The van der Waals surface area contributed by atoms with Gasteiger partial charge in [0.1, 0.15) is 12.3 Å². The Bertz CT molecular complexity index is 1230. The summed E-state index contributed by atoms with van der Waals surface area (Å²) in [7, 11) is -4.12. The van der Waals surface area contributed by atoms with Gasteiger partial charge in [0.2, 0.25) is 5.91 Å². The van der Waals surface area contributed by atoms with Crippen molar-refractivity contribution in [2.45, 2.75) is 24.8 Å². The molecule has 0 aliphatic rings. The number of carbonyl (C=O) groups is 1. The van der Waals surface area contributed by atoms with Crippen molar-refractivity contribution < 1.29 is 22.9 Å². The number of rotatable bonds is 9. The monoisotopic (exact) mass is 469 g/mol. The number of nitro groups is 1. The van der Waals surface area contributed by atoms with Crippen LogP contribution in [0.25, 0.3) is 0 Å². The van der Waals surface area contributed by atoms with Gasteiger partial charge in [0.15, 0.2) is 0 Å². The first-order valence-electron chi connectivity index (χ1n) is 10.1. The molecular formula is C23H23N3O6S. The van der Waals surface area contributed by atoms with Gasteiger partial charge in [0.25, 0.3) is 15.7 Å². The van der Waals surface area contributed by atoms with E-state index in [4.69, 9.17) is 4.74 Å². The topological polar surface area (TPSA) is 119 Å². The van der Waals surface area contributed by atoms with Gasteiger partial charge in [-0.25, -0.2) is 8.42 Å². The maximum Gasteiger partial charge on any atom is 0.269 e. The fourth-order valence-electron chi connectivity index (χ4n) is 3.03. The third-order valence-corrected chi connectivity index (χ3v) is 6.24. The Morgan fingerprint density at radius 1 is 1.03 bits per heavy atom. The van der Waals surface area contributed by atoms with Crippen LogP contribution in [-0.4, -0.2) is 31.9 Å². The maximum atomic E-state index is 13.3. The van der Waals surface area contributed by atoms with Crippen LogP contribution in [-0.2, 0) is 14.8 Å². The van der Waals surface area contributed by atoms with E-state index < -0.39 is 27.4 Å². The number of ether oxygens (including phenoxy) is 1. The van der Waals surface area contributed by atoms with Crippen LogP contribution >= 0.6 is 0 Å². The molecule has 33 heavy (non-hydrogen) atoms. The molecule has 0 bridgehead atoms. The molecule has 0 atom stereocenters. The highest BCUT2D eigenvalue weighted by Gasteiger charge is 2.27. The largest absolute Gasteiger partial charge is 0.491 e. The van der Waals surface area contributed by atoms with Crippen LogP contribution in [0.5, 0.6) is 5.75 Å². The Labute approximate surface area is 191 Å². The van der Waals surface area contributed by atoms with Gasteiger partial charge in [-0.05, 0) is 50.2 Å².